The molecule has 5 heteroatoms. The lowest BCUT2D eigenvalue weighted by Gasteiger charge is -2.32. The fourth-order valence-electron chi connectivity index (χ4n) is 2.47. The summed E-state index contributed by atoms with van der Waals surface area (Å²) in [4.78, 5) is 4.33. The third-order valence-corrected chi connectivity index (χ3v) is 4.75. The minimum absolute atomic E-state index is 0.292. The van der Waals surface area contributed by atoms with Crippen molar-refractivity contribution in [1.82, 2.24) is 10.3 Å². The van der Waals surface area contributed by atoms with Crippen molar-refractivity contribution >= 4 is 13.2 Å². The van der Waals surface area contributed by atoms with E-state index < -0.39 is 0 Å². The molecule has 0 bridgehead atoms. The normalized spacial score (nSPS) is 24.5. The molecular weight excluding hydrogens is 263 g/mol. The summed E-state index contributed by atoms with van der Waals surface area (Å²) in [6, 6.07) is 2.19. The summed E-state index contributed by atoms with van der Waals surface area (Å²) in [7, 11) is -0.302. The second-order valence-corrected chi connectivity index (χ2v) is 6.89. The Balaban J connectivity index is 1.69. The Kier molecular flexibility index (Phi) is 3.68. The Morgan fingerprint density at radius 2 is 1.86 bits per heavy atom. The molecule has 2 aliphatic heterocycles. The highest BCUT2D eigenvalue weighted by molar-refractivity contribution is 6.52. The fraction of sp³-hybridized carbons (Fsp3) is 0.562. The van der Waals surface area contributed by atoms with Crippen LogP contribution in [0.25, 0.3) is 6.08 Å². The molecule has 1 aromatic heterocycles. The third kappa shape index (κ3) is 2.91. The highest BCUT2D eigenvalue weighted by atomic mass is 16.7. The zero-order valence-electron chi connectivity index (χ0n) is 13.2. The van der Waals surface area contributed by atoms with E-state index in [1.807, 2.05) is 24.4 Å². The summed E-state index contributed by atoms with van der Waals surface area (Å²) in [5, 5.41) is 3.29. The lowest BCUT2D eigenvalue weighted by molar-refractivity contribution is 0.00578. The van der Waals surface area contributed by atoms with E-state index in [2.05, 4.69) is 44.1 Å². The molecule has 0 atom stereocenters. The van der Waals surface area contributed by atoms with Crippen LogP contribution in [0.3, 0.4) is 0 Å². The van der Waals surface area contributed by atoms with Crippen LogP contribution in [0.5, 0.6) is 0 Å². The van der Waals surface area contributed by atoms with Gasteiger partial charge in [0.25, 0.3) is 0 Å². The molecule has 21 heavy (non-hydrogen) atoms. The van der Waals surface area contributed by atoms with Gasteiger partial charge in [-0.3, -0.25) is 4.98 Å². The van der Waals surface area contributed by atoms with Crippen LogP contribution in [0.4, 0.5) is 0 Å². The first kappa shape index (κ1) is 14.8. The van der Waals surface area contributed by atoms with Crippen LogP contribution < -0.4 is 5.32 Å². The Bertz CT molecular complexity index is 537. The van der Waals surface area contributed by atoms with E-state index in [0.29, 0.717) is 5.92 Å². The number of aromatic nitrogens is 1. The van der Waals surface area contributed by atoms with Crippen molar-refractivity contribution in [1.29, 1.82) is 0 Å². The minimum atomic E-state index is -0.302. The van der Waals surface area contributed by atoms with E-state index in [9.17, 15) is 0 Å². The van der Waals surface area contributed by atoms with Gasteiger partial charge >= 0.3 is 7.12 Å². The van der Waals surface area contributed by atoms with Crippen LogP contribution in [-0.4, -0.2) is 36.4 Å². The Hall–Kier alpha value is -1.17. The molecular formula is C16H23BN2O2. The molecule has 1 aromatic rings. The number of rotatable bonds is 3. The van der Waals surface area contributed by atoms with Crippen LogP contribution in [0, 0.1) is 0 Å². The summed E-state index contributed by atoms with van der Waals surface area (Å²) in [5.74, 6) is 2.57. The van der Waals surface area contributed by atoms with Gasteiger partial charge in [0.05, 0.1) is 11.2 Å². The standard InChI is InChI=1S/C16H23BN2O2/c1-15(2)16(3,4)21-17(20-15)6-5-12-7-13(9-18-8-12)14-10-19-11-14/h5-9,14,19H,10-11H2,1-4H3/b6-5+. The molecule has 0 aromatic carbocycles. The van der Waals surface area contributed by atoms with E-state index >= 15 is 0 Å². The molecule has 4 nitrogen and oxygen atoms in total. The van der Waals surface area contributed by atoms with Crippen LogP contribution in [0.2, 0.25) is 0 Å². The number of nitrogens with zero attached hydrogens (tertiary/aromatic N) is 1. The maximum atomic E-state index is 5.96. The van der Waals surface area contributed by atoms with Crippen LogP contribution in [-0.2, 0) is 9.31 Å². The second kappa shape index (κ2) is 5.23. The molecule has 0 amide bonds. The SMILES string of the molecule is CC1(C)OB(/C=C/c2cncc(C3CNC3)c2)OC1(C)C. The van der Waals surface area contributed by atoms with Crippen molar-refractivity contribution in [2.45, 2.75) is 44.8 Å². The summed E-state index contributed by atoms with van der Waals surface area (Å²) in [5.41, 5.74) is 1.80. The molecule has 2 aliphatic rings. The molecule has 2 fully saturated rings. The van der Waals surface area contributed by atoms with E-state index in [-0.39, 0.29) is 18.3 Å². The molecule has 0 aliphatic carbocycles. The number of hydrogen-bond donors (Lipinski definition) is 1. The van der Waals surface area contributed by atoms with Crippen LogP contribution in [0.15, 0.2) is 24.4 Å². The average molecular weight is 286 g/mol. The summed E-state index contributed by atoms with van der Waals surface area (Å²) in [6.45, 7) is 10.3. The fourth-order valence-corrected chi connectivity index (χ4v) is 2.47. The van der Waals surface area contributed by atoms with Gasteiger partial charge in [-0.2, -0.15) is 0 Å². The molecule has 2 saturated heterocycles. The molecule has 1 N–H and O–H groups in total. The van der Waals surface area contributed by atoms with Gasteiger partial charge in [0.1, 0.15) is 0 Å². The van der Waals surface area contributed by atoms with E-state index in [4.69, 9.17) is 9.31 Å². The maximum Gasteiger partial charge on any atom is 0.487 e. The third-order valence-electron chi connectivity index (χ3n) is 4.75. The van der Waals surface area contributed by atoms with Crippen molar-refractivity contribution in [3.8, 4) is 0 Å². The first-order chi connectivity index (χ1) is 9.87. The molecule has 0 saturated carbocycles. The number of nitrogens with one attached hydrogen (secondary N) is 1. The van der Waals surface area contributed by atoms with Crippen molar-refractivity contribution in [2.24, 2.45) is 0 Å². The van der Waals surface area contributed by atoms with Gasteiger partial charge in [-0.05, 0) is 44.9 Å². The second-order valence-electron chi connectivity index (χ2n) is 6.89. The molecule has 0 unspecified atom stereocenters. The molecule has 3 rings (SSSR count). The predicted octanol–water partition coefficient (Wildman–Crippen LogP) is 2.41. The number of pyridine rings is 1. The van der Waals surface area contributed by atoms with Gasteiger partial charge in [0, 0.05) is 31.4 Å². The van der Waals surface area contributed by atoms with Gasteiger partial charge in [0.2, 0.25) is 0 Å². The van der Waals surface area contributed by atoms with Crippen molar-refractivity contribution in [3.63, 3.8) is 0 Å². The Morgan fingerprint density at radius 3 is 2.43 bits per heavy atom. The predicted molar refractivity (Wildman–Crippen MR) is 85.0 cm³/mol. The van der Waals surface area contributed by atoms with Gasteiger partial charge in [0.15, 0.2) is 0 Å². The van der Waals surface area contributed by atoms with E-state index in [1.165, 1.54) is 5.56 Å². The zero-order chi connectivity index (χ0) is 15.1. The van der Waals surface area contributed by atoms with E-state index in [1.54, 1.807) is 0 Å². The van der Waals surface area contributed by atoms with Crippen molar-refractivity contribution in [3.05, 3.63) is 35.6 Å². The van der Waals surface area contributed by atoms with Gasteiger partial charge in [-0.25, -0.2) is 0 Å². The highest BCUT2D eigenvalue weighted by Crippen LogP contribution is 2.37. The monoisotopic (exact) mass is 286 g/mol. The smallest absolute Gasteiger partial charge is 0.400 e. The molecule has 3 heterocycles. The van der Waals surface area contributed by atoms with Crippen molar-refractivity contribution < 1.29 is 9.31 Å². The quantitative estimate of drug-likeness (QED) is 0.867. The average Bonchev–Trinajstić information content (AvgIpc) is 2.54. The van der Waals surface area contributed by atoms with Gasteiger partial charge in [-0.1, -0.05) is 12.1 Å². The molecule has 112 valence electrons. The highest BCUT2D eigenvalue weighted by Gasteiger charge is 2.49. The molecule has 0 radical (unpaired) electrons. The zero-order valence-corrected chi connectivity index (χ0v) is 13.2. The minimum Gasteiger partial charge on any atom is -0.400 e. The lowest BCUT2D eigenvalue weighted by atomic mass is 9.88. The topological polar surface area (TPSA) is 43.4 Å². The summed E-state index contributed by atoms with van der Waals surface area (Å²) in [6.07, 6.45) is 5.86. The summed E-state index contributed by atoms with van der Waals surface area (Å²) >= 11 is 0. The Labute approximate surface area is 127 Å². The first-order valence-corrected chi connectivity index (χ1v) is 7.57. The van der Waals surface area contributed by atoms with Gasteiger partial charge < -0.3 is 14.6 Å². The first-order valence-electron chi connectivity index (χ1n) is 7.57. The Morgan fingerprint density at radius 1 is 1.19 bits per heavy atom. The largest absolute Gasteiger partial charge is 0.487 e. The van der Waals surface area contributed by atoms with Crippen LogP contribution in [0.1, 0.15) is 44.7 Å². The van der Waals surface area contributed by atoms with Crippen molar-refractivity contribution in [2.75, 3.05) is 13.1 Å². The molecule has 0 spiro atoms. The van der Waals surface area contributed by atoms with Crippen LogP contribution >= 0.6 is 0 Å². The lowest BCUT2D eigenvalue weighted by Crippen LogP contribution is -2.41. The maximum absolute atomic E-state index is 5.96. The van der Waals surface area contributed by atoms with E-state index in [0.717, 1.165) is 18.7 Å². The number of hydrogen-bond acceptors (Lipinski definition) is 4. The van der Waals surface area contributed by atoms with Gasteiger partial charge in [-0.15, -0.1) is 0 Å². The summed E-state index contributed by atoms with van der Waals surface area (Å²) < 4.78 is 11.9.